The highest BCUT2D eigenvalue weighted by atomic mass is 35.5. The molecule has 2 aromatic rings. The van der Waals surface area contributed by atoms with Gasteiger partial charge in [-0.25, -0.2) is 0 Å². The third-order valence-electron chi connectivity index (χ3n) is 7.37. The molecular formula is C25H29Cl2NO2. The normalized spacial score (nSPS) is 29.2. The summed E-state index contributed by atoms with van der Waals surface area (Å²) in [6.45, 7) is 1.14. The fourth-order valence-electron chi connectivity index (χ4n) is 6.37. The number of benzene rings is 2. The number of rotatable bonds is 7. The molecule has 0 amide bonds. The molecule has 6 rings (SSSR count). The van der Waals surface area contributed by atoms with Crippen LogP contribution in [0.1, 0.15) is 49.7 Å². The second-order valence-corrected chi connectivity index (χ2v) is 10.3. The van der Waals surface area contributed by atoms with Crippen molar-refractivity contribution in [1.29, 1.82) is 0 Å². The molecule has 4 aliphatic rings. The summed E-state index contributed by atoms with van der Waals surface area (Å²) >= 11 is 12.9. The van der Waals surface area contributed by atoms with Gasteiger partial charge in [-0.3, -0.25) is 0 Å². The van der Waals surface area contributed by atoms with Crippen LogP contribution in [0.5, 0.6) is 11.5 Å². The Kier molecular flexibility index (Phi) is 5.64. The van der Waals surface area contributed by atoms with Crippen molar-refractivity contribution in [2.45, 2.75) is 57.2 Å². The van der Waals surface area contributed by atoms with Gasteiger partial charge in [0.1, 0.15) is 6.61 Å². The van der Waals surface area contributed by atoms with E-state index in [0.29, 0.717) is 33.7 Å². The van der Waals surface area contributed by atoms with Crippen molar-refractivity contribution in [2.24, 2.45) is 17.8 Å². The Morgan fingerprint density at radius 2 is 1.57 bits per heavy atom. The average molecular weight is 446 g/mol. The first kappa shape index (κ1) is 20.5. The first-order valence-electron chi connectivity index (χ1n) is 11.0. The van der Waals surface area contributed by atoms with Gasteiger partial charge in [0.2, 0.25) is 0 Å². The number of ether oxygens (including phenoxy) is 2. The Labute approximate surface area is 189 Å². The van der Waals surface area contributed by atoms with Crippen LogP contribution in [0, 0.1) is 17.8 Å². The van der Waals surface area contributed by atoms with Crippen molar-refractivity contribution in [1.82, 2.24) is 5.32 Å². The average Bonchev–Trinajstić information content (AvgIpc) is 2.71. The van der Waals surface area contributed by atoms with E-state index in [9.17, 15) is 0 Å². The third-order valence-corrected chi connectivity index (χ3v) is 8.09. The minimum Gasteiger partial charge on any atom is -0.493 e. The van der Waals surface area contributed by atoms with E-state index >= 15 is 0 Å². The molecular weight excluding hydrogens is 417 g/mol. The highest BCUT2D eigenvalue weighted by Gasteiger charge is 2.50. The van der Waals surface area contributed by atoms with Crippen LogP contribution in [0.4, 0.5) is 0 Å². The van der Waals surface area contributed by atoms with Crippen LogP contribution < -0.4 is 14.8 Å². The van der Waals surface area contributed by atoms with E-state index < -0.39 is 0 Å². The molecule has 0 radical (unpaired) electrons. The van der Waals surface area contributed by atoms with Gasteiger partial charge < -0.3 is 14.8 Å². The number of halogens is 2. The second-order valence-electron chi connectivity index (χ2n) is 9.53. The first-order valence-corrected chi connectivity index (χ1v) is 11.8. The maximum atomic E-state index is 6.66. The Hall–Kier alpha value is -1.42. The third kappa shape index (κ3) is 4.04. The van der Waals surface area contributed by atoms with E-state index in [-0.39, 0.29) is 0 Å². The van der Waals surface area contributed by atoms with Gasteiger partial charge in [0, 0.05) is 33.8 Å². The van der Waals surface area contributed by atoms with E-state index in [0.717, 1.165) is 35.4 Å². The van der Waals surface area contributed by atoms with Crippen molar-refractivity contribution < 1.29 is 9.47 Å². The summed E-state index contributed by atoms with van der Waals surface area (Å²) in [4.78, 5) is 0. The molecule has 4 fully saturated rings. The van der Waals surface area contributed by atoms with Gasteiger partial charge in [-0.1, -0.05) is 41.4 Å². The minimum atomic E-state index is 0.310. The van der Waals surface area contributed by atoms with Crippen molar-refractivity contribution in [3.63, 3.8) is 0 Å². The van der Waals surface area contributed by atoms with E-state index in [4.69, 9.17) is 32.7 Å². The molecule has 4 aliphatic carbocycles. The van der Waals surface area contributed by atoms with Crippen LogP contribution in [0.3, 0.4) is 0 Å². The molecule has 4 saturated carbocycles. The van der Waals surface area contributed by atoms with Gasteiger partial charge in [-0.15, -0.1) is 0 Å². The van der Waals surface area contributed by atoms with Gasteiger partial charge in [-0.05, 0) is 74.0 Å². The summed E-state index contributed by atoms with van der Waals surface area (Å²) in [6.07, 6.45) is 8.33. The second kappa shape index (κ2) is 8.26. The molecule has 160 valence electrons. The highest BCUT2D eigenvalue weighted by Crippen LogP contribution is 2.55. The Balaban J connectivity index is 1.29. The smallest absolute Gasteiger partial charge is 0.163 e. The van der Waals surface area contributed by atoms with E-state index in [1.54, 1.807) is 7.11 Å². The standard InChI is InChI=1S/C25H29Cl2NO2/c1-29-23-9-20(14-28-25-11-16-6-17(12-25)8-18(7-16)13-25)22(27)10-24(23)30-15-19-4-2-3-5-21(19)26/h2-5,9-10,16-18,28H,6-8,11-15H2,1H3. The fraction of sp³-hybridized carbons (Fsp3) is 0.520. The molecule has 0 heterocycles. The molecule has 0 unspecified atom stereocenters. The zero-order chi connectivity index (χ0) is 20.7. The van der Waals surface area contributed by atoms with Crippen LogP contribution >= 0.6 is 23.2 Å². The number of hydrogen-bond acceptors (Lipinski definition) is 3. The van der Waals surface area contributed by atoms with Crippen LogP contribution in [-0.4, -0.2) is 12.6 Å². The quantitative estimate of drug-likeness (QED) is 0.517. The number of nitrogens with one attached hydrogen (secondary N) is 1. The minimum absolute atomic E-state index is 0.310. The summed E-state index contributed by atoms with van der Waals surface area (Å²) in [5.74, 6) is 4.12. The van der Waals surface area contributed by atoms with Crippen LogP contribution in [-0.2, 0) is 13.2 Å². The maximum absolute atomic E-state index is 6.66. The Morgan fingerprint density at radius 1 is 0.900 bits per heavy atom. The zero-order valence-corrected chi connectivity index (χ0v) is 18.9. The monoisotopic (exact) mass is 445 g/mol. The van der Waals surface area contributed by atoms with Crippen LogP contribution in [0.2, 0.25) is 10.0 Å². The predicted molar refractivity (Wildman–Crippen MR) is 122 cm³/mol. The molecule has 0 aliphatic heterocycles. The molecule has 1 N–H and O–H groups in total. The number of methoxy groups -OCH3 is 1. The van der Waals surface area contributed by atoms with Crippen LogP contribution in [0.25, 0.3) is 0 Å². The van der Waals surface area contributed by atoms with Crippen molar-refractivity contribution in [2.75, 3.05) is 7.11 Å². The van der Waals surface area contributed by atoms with Crippen molar-refractivity contribution in [3.8, 4) is 11.5 Å². The molecule has 4 bridgehead atoms. The Bertz CT molecular complexity index is 894. The van der Waals surface area contributed by atoms with Gasteiger partial charge in [0.15, 0.2) is 11.5 Å². The maximum Gasteiger partial charge on any atom is 0.163 e. The molecule has 0 atom stereocenters. The molecule has 3 nitrogen and oxygen atoms in total. The van der Waals surface area contributed by atoms with E-state index in [1.165, 1.54) is 38.5 Å². The summed E-state index contributed by atoms with van der Waals surface area (Å²) in [6, 6.07) is 11.6. The van der Waals surface area contributed by atoms with Gasteiger partial charge in [0.25, 0.3) is 0 Å². The highest BCUT2D eigenvalue weighted by molar-refractivity contribution is 6.31. The molecule has 0 aromatic heterocycles. The van der Waals surface area contributed by atoms with Crippen molar-refractivity contribution >= 4 is 23.2 Å². The SMILES string of the molecule is COc1cc(CNC23CC4CC(CC(C4)C2)C3)c(Cl)cc1OCc1ccccc1Cl. The zero-order valence-electron chi connectivity index (χ0n) is 17.4. The summed E-state index contributed by atoms with van der Waals surface area (Å²) < 4.78 is 11.6. The molecule has 5 heteroatoms. The first-order chi connectivity index (χ1) is 14.5. The van der Waals surface area contributed by atoms with E-state index in [2.05, 4.69) is 5.32 Å². The van der Waals surface area contributed by atoms with Gasteiger partial charge in [-0.2, -0.15) is 0 Å². The summed E-state index contributed by atoms with van der Waals surface area (Å²) in [5, 5.41) is 5.33. The van der Waals surface area contributed by atoms with Gasteiger partial charge >= 0.3 is 0 Å². The predicted octanol–water partition coefficient (Wildman–Crippen LogP) is 6.64. The fourth-order valence-corrected chi connectivity index (χ4v) is 6.78. The Morgan fingerprint density at radius 3 is 2.20 bits per heavy atom. The molecule has 0 saturated heterocycles. The van der Waals surface area contributed by atoms with Crippen LogP contribution in [0.15, 0.2) is 36.4 Å². The lowest BCUT2D eigenvalue weighted by Crippen LogP contribution is -2.58. The summed E-state index contributed by atoms with van der Waals surface area (Å²) in [7, 11) is 1.67. The molecule has 2 aromatic carbocycles. The largest absolute Gasteiger partial charge is 0.493 e. The van der Waals surface area contributed by atoms with Crippen molar-refractivity contribution in [3.05, 3.63) is 57.6 Å². The lowest BCUT2D eigenvalue weighted by Gasteiger charge is -2.57. The lowest BCUT2D eigenvalue weighted by molar-refractivity contribution is -0.0206. The molecule has 0 spiro atoms. The summed E-state index contributed by atoms with van der Waals surface area (Å²) in [5.41, 5.74) is 2.31. The molecule has 30 heavy (non-hydrogen) atoms. The topological polar surface area (TPSA) is 30.5 Å². The van der Waals surface area contributed by atoms with Gasteiger partial charge in [0.05, 0.1) is 7.11 Å². The lowest BCUT2D eigenvalue weighted by atomic mass is 9.53. The number of hydrogen-bond donors (Lipinski definition) is 1. The van der Waals surface area contributed by atoms with E-state index in [1.807, 2.05) is 36.4 Å².